The molecule has 0 heterocycles. The van der Waals surface area contributed by atoms with Crippen molar-refractivity contribution in [2.24, 2.45) is 0 Å². The highest BCUT2D eigenvalue weighted by Gasteiger charge is 2.19. The predicted octanol–water partition coefficient (Wildman–Crippen LogP) is 21.7. The topological polar surface area (TPSA) is 78.9 Å². The second kappa shape index (κ2) is 62.9. The Hall–Kier alpha value is -3.67. The van der Waals surface area contributed by atoms with E-state index in [1.54, 1.807) is 0 Å². The van der Waals surface area contributed by atoms with Crippen LogP contribution in [0.3, 0.4) is 0 Å². The van der Waals surface area contributed by atoms with E-state index in [2.05, 4.69) is 118 Å². The Balaban J connectivity index is 4.07. The molecule has 0 spiro atoms. The first-order valence-electron chi connectivity index (χ1n) is 31.7. The van der Waals surface area contributed by atoms with Gasteiger partial charge >= 0.3 is 17.9 Å². The maximum atomic E-state index is 12.8. The molecule has 75 heavy (non-hydrogen) atoms. The van der Waals surface area contributed by atoms with E-state index in [0.717, 1.165) is 122 Å². The van der Waals surface area contributed by atoms with Crippen molar-refractivity contribution in [1.29, 1.82) is 0 Å². The van der Waals surface area contributed by atoms with E-state index >= 15 is 0 Å². The number of unbranched alkanes of at least 4 members (excludes halogenated alkanes) is 30. The van der Waals surface area contributed by atoms with E-state index in [4.69, 9.17) is 14.2 Å². The summed E-state index contributed by atoms with van der Waals surface area (Å²) in [7, 11) is 0. The van der Waals surface area contributed by atoms with Gasteiger partial charge < -0.3 is 14.2 Å². The Morgan fingerprint density at radius 2 is 0.520 bits per heavy atom. The van der Waals surface area contributed by atoms with Crippen LogP contribution in [0.25, 0.3) is 0 Å². The number of hydrogen-bond donors (Lipinski definition) is 0. The van der Waals surface area contributed by atoms with Gasteiger partial charge in [-0.25, -0.2) is 0 Å². The number of rotatable bonds is 57. The fourth-order valence-electron chi connectivity index (χ4n) is 8.90. The largest absolute Gasteiger partial charge is 0.462 e. The van der Waals surface area contributed by atoms with E-state index in [9.17, 15) is 14.4 Å². The van der Waals surface area contributed by atoms with Crippen molar-refractivity contribution in [1.82, 2.24) is 0 Å². The normalized spacial score (nSPS) is 12.7. The summed E-state index contributed by atoms with van der Waals surface area (Å²) in [4.78, 5) is 38.0. The summed E-state index contributed by atoms with van der Waals surface area (Å²) in [6, 6.07) is 0. The Morgan fingerprint density at radius 3 is 0.813 bits per heavy atom. The minimum absolute atomic E-state index is 0.0802. The lowest BCUT2D eigenvalue weighted by Crippen LogP contribution is -2.30. The van der Waals surface area contributed by atoms with Crippen molar-refractivity contribution in [3.8, 4) is 0 Å². The van der Waals surface area contributed by atoms with Gasteiger partial charge in [-0.3, -0.25) is 14.4 Å². The van der Waals surface area contributed by atoms with Gasteiger partial charge in [-0.2, -0.15) is 0 Å². The minimum Gasteiger partial charge on any atom is -0.462 e. The minimum atomic E-state index is -0.781. The van der Waals surface area contributed by atoms with Crippen molar-refractivity contribution < 1.29 is 28.6 Å². The smallest absolute Gasteiger partial charge is 0.306 e. The highest BCUT2D eigenvalue weighted by atomic mass is 16.6. The molecular weight excluding hydrogens is 925 g/mol. The van der Waals surface area contributed by atoms with Gasteiger partial charge in [0.05, 0.1) is 0 Å². The molecule has 0 radical (unpaired) electrons. The zero-order chi connectivity index (χ0) is 54.3. The summed E-state index contributed by atoms with van der Waals surface area (Å²) in [6.45, 7) is 6.38. The molecule has 0 N–H and O–H groups in total. The SMILES string of the molecule is CC/C=C\C/C=C\C/C=C\C/C=C\CCCCCCCCCCCCCCCCCCCCC(=O)OCC(COC(=O)CCCCCCCCC)OC(=O)CCCCCCCC/C=C\C/C=C\C/C=C\C/C=C\CC. The molecule has 0 aromatic rings. The summed E-state index contributed by atoms with van der Waals surface area (Å²) in [5.41, 5.74) is 0. The van der Waals surface area contributed by atoms with Gasteiger partial charge in [-0.15, -0.1) is 0 Å². The molecule has 0 aliphatic heterocycles. The van der Waals surface area contributed by atoms with Crippen molar-refractivity contribution in [3.05, 3.63) is 97.2 Å². The van der Waals surface area contributed by atoms with Crippen LogP contribution in [0, 0.1) is 0 Å². The van der Waals surface area contributed by atoms with Crippen molar-refractivity contribution in [3.63, 3.8) is 0 Å². The molecule has 6 nitrogen and oxygen atoms in total. The van der Waals surface area contributed by atoms with Crippen LogP contribution in [0.5, 0.6) is 0 Å². The maximum absolute atomic E-state index is 12.8. The third-order valence-corrected chi connectivity index (χ3v) is 13.6. The highest BCUT2D eigenvalue weighted by molar-refractivity contribution is 5.71. The molecule has 0 bridgehead atoms. The van der Waals surface area contributed by atoms with Crippen LogP contribution in [0.4, 0.5) is 0 Å². The first kappa shape index (κ1) is 71.3. The molecular formula is C69H118O6. The zero-order valence-electron chi connectivity index (χ0n) is 49.3. The average molecular weight is 1040 g/mol. The van der Waals surface area contributed by atoms with Gasteiger partial charge in [-0.1, -0.05) is 285 Å². The molecule has 0 aliphatic carbocycles. The molecule has 0 aromatic carbocycles. The van der Waals surface area contributed by atoms with Crippen LogP contribution in [-0.4, -0.2) is 37.2 Å². The van der Waals surface area contributed by atoms with Gasteiger partial charge in [-0.05, 0) is 96.3 Å². The first-order valence-corrected chi connectivity index (χ1v) is 31.7. The van der Waals surface area contributed by atoms with Gasteiger partial charge in [0, 0.05) is 19.3 Å². The lowest BCUT2D eigenvalue weighted by atomic mass is 10.0. The van der Waals surface area contributed by atoms with Crippen LogP contribution in [0.2, 0.25) is 0 Å². The molecule has 0 aromatic heterocycles. The van der Waals surface area contributed by atoms with Crippen molar-refractivity contribution in [2.75, 3.05) is 13.2 Å². The zero-order valence-corrected chi connectivity index (χ0v) is 49.3. The van der Waals surface area contributed by atoms with Crippen LogP contribution in [0.15, 0.2) is 97.2 Å². The lowest BCUT2D eigenvalue weighted by molar-refractivity contribution is -0.167. The van der Waals surface area contributed by atoms with Crippen LogP contribution in [0.1, 0.15) is 303 Å². The Kier molecular flexibility index (Phi) is 59.8. The summed E-state index contributed by atoms with van der Waals surface area (Å²) < 4.78 is 16.8. The molecule has 0 saturated heterocycles. The second-order valence-electron chi connectivity index (χ2n) is 20.9. The third-order valence-electron chi connectivity index (χ3n) is 13.6. The number of carbonyl (C=O) groups excluding carboxylic acids is 3. The average Bonchev–Trinajstić information content (AvgIpc) is 3.41. The van der Waals surface area contributed by atoms with Gasteiger partial charge in [0.1, 0.15) is 13.2 Å². The number of esters is 3. The standard InChI is InChI=1S/C69H118O6/c1-4-7-10-13-16-18-20-22-24-26-28-29-30-31-32-33-34-35-36-37-38-39-41-42-44-46-48-50-53-56-59-62-68(71)74-65-66(64-73-67(70)61-58-55-52-15-12-9-6-3)75-69(72)63-60-57-54-51-49-47-45-43-40-27-25-23-21-19-17-14-11-8-5-2/h7-8,10-11,16-19,22-25,28-29,40,43,66H,4-6,9,12-15,20-21,26-27,30-39,41-42,44-65H2,1-3H3/b10-7-,11-8-,18-16-,19-17-,24-22-,25-23-,29-28-,43-40-. The third kappa shape index (κ3) is 61.1. The van der Waals surface area contributed by atoms with E-state index in [0.29, 0.717) is 19.3 Å². The molecule has 0 aliphatic rings. The molecule has 0 rings (SSSR count). The number of hydrogen-bond acceptors (Lipinski definition) is 6. The van der Waals surface area contributed by atoms with E-state index in [1.807, 2.05) is 0 Å². The summed E-state index contributed by atoms with van der Waals surface area (Å²) in [5.74, 6) is -0.892. The van der Waals surface area contributed by atoms with Crippen molar-refractivity contribution >= 4 is 17.9 Å². The molecule has 0 saturated carbocycles. The number of allylic oxidation sites excluding steroid dienone is 16. The van der Waals surface area contributed by atoms with E-state index in [-0.39, 0.29) is 31.1 Å². The number of carbonyl (C=O) groups is 3. The Morgan fingerprint density at radius 1 is 0.280 bits per heavy atom. The van der Waals surface area contributed by atoms with Crippen molar-refractivity contribution in [2.45, 2.75) is 309 Å². The molecule has 1 unspecified atom stereocenters. The second-order valence-corrected chi connectivity index (χ2v) is 20.9. The molecule has 0 fully saturated rings. The van der Waals surface area contributed by atoms with Gasteiger partial charge in [0.15, 0.2) is 6.10 Å². The molecule has 6 heteroatoms. The molecule has 1 atom stereocenters. The fraction of sp³-hybridized carbons (Fsp3) is 0.725. The first-order chi connectivity index (χ1) is 37.0. The van der Waals surface area contributed by atoms with Crippen LogP contribution < -0.4 is 0 Å². The summed E-state index contributed by atoms with van der Waals surface area (Å²) in [5, 5.41) is 0. The molecule has 0 amide bonds. The van der Waals surface area contributed by atoms with E-state index in [1.165, 1.54) is 141 Å². The summed E-state index contributed by atoms with van der Waals surface area (Å²) >= 11 is 0. The fourth-order valence-corrected chi connectivity index (χ4v) is 8.90. The lowest BCUT2D eigenvalue weighted by Gasteiger charge is -2.18. The molecule has 430 valence electrons. The van der Waals surface area contributed by atoms with Gasteiger partial charge in [0.25, 0.3) is 0 Å². The maximum Gasteiger partial charge on any atom is 0.306 e. The predicted molar refractivity (Wildman–Crippen MR) is 325 cm³/mol. The Labute approximate surface area is 464 Å². The van der Waals surface area contributed by atoms with Crippen LogP contribution >= 0.6 is 0 Å². The highest BCUT2D eigenvalue weighted by Crippen LogP contribution is 2.17. The van der Waals surface area contributed by atoms with Crippen LogP contribution in [-0.2, 0) is 28.6 Å². The number of ether oxygens (including phenoxy) is 3. The Bertz CT molecular complexity index is 1480. The van der Waals surface area contributed by atoms with Gasteiger partial charge in [0.2, 0.25) is 0 Å². The monoisotopic (exact) mass is 1040 g/mol. The van der Waals surface area contributed by atoms with E-state index < -0.39 is 6.10 Å². The summed E-state index contributed by atoms with van der Waals surface area (Å²) in [6.07, 6.45) is 84.5. The quantitative estimate of drug-likeness (QED) is 0.0261.